The van der Waals surface area contributed by atoms with Crippen molar-refractivity contribution < 1.29 is 24.2 Å². The summed E-state index contributed by atoms with van der Waals surface area (Å²) >= 11 is 0. The zero-order valence-corrected chi connectivity index (χ0v) is 11.5. The average molecular weight is 294 g/mol. The van der Waals surface area contributed by atoms with Gasteiger partial charge < -0.3 is 25.2 Å². The first-order valence-electron chi connectivity index (χ1n) is 6.74. The third-order valence-corrected chi connectivity index (χ3v) is 3.04. The van der Waals surface area contributed by atoms with E-state index < -0.39 is 12.6 Å². The molecule has 2 amide bonds. The SMILES string of the molecule is O=C(O)COc1ccccc1NC(=O)NC1CCOCC1. The molecule has 1 aromatic rings. The summed E-state index contributed by atoms with van der Waals surface area (Å²) in [5.41, 5.74) is 0.434. The van der Waals surface area contributed by atoms with Crippen LogP contribution in [0.1, 0.15) is 12.8 Å². The molecule has 1 aromatic carbocycles. The molecule has 0 saturated carbocycles. The molecule has 0 unspecified atom stereocenters. The Balaban J connectivity index is 1.91. The van der Waals surface area contributed by atoms with Gasteiger partial charge >= 0.3 is 12.0 Å². The predicted molar refractivity (Wildman–Crippen MR) is 75.6 cm³/mol. The molecule has 0 spiro atoms. The van der Waals surface area contributed by atoms with Crippen molar-refractivity contribution in [1.82, 2.24) is 5.32 Å². The summed E-state index contributed by atoms with van der Waals surface area (Å²) < 4.78 is 10.4. The fraction of sp³-hybridized carbons (Fsp3) is 0.429. The number of ether oxygens (including phenoxy) is 2. The molecule has 0 atom stereocenters. The fourth-order valence-corrected chi connectivity index (χ4v) is 2.02. The number of hydrogen-bond acceptors (Lipinski definition) is 4. The third kappa shape index (κ3) is 4.96. The second-order valence-electron chi connectivity index (χ2n) is 4.66. The zero-order valence-electron chi connectivity index (χ0n) is 11.5. The summed E-state index contributed by atoms with van der Waals surface area (Å²) in [7, 11) is 0. The van der Waals surface area contributed by atoms with E-state index in [2.05, 4.69) is 10.6 Å². The standard InChI is InChI=1S/C14H18N2O5/c17-13(18)9-21-12-4-2-1-3-11(12)16-14(19)15-10-5-7-20-8-6-10/h1-4,10H,5-9H2,(H,17,18)(H2,15,16,19). The van der Waals surface area contributed by atoms with Crippen LogP contribution in [0.4, 0.5) is 10.5 Å². The predicted octanol–water partition coefficient (Wildman–Crippen LogP) is 1.45. The fourth-order valence-electron chi connectivity index (χ4n) is 2.02. The van der Waals surface area contributed by atoms with Crippen LogP contribution in [0, 0.1) is 0 Å². The number of carbonyl (C=O) groups excluding carboxylic acids is 1. The minimum atomic E-state index is -1.07. The summed E-state index contributed by atoms with van der Waals surface area (Å²) in [6.07, 6.45) is 1.56. The monoisotopic (exact) mass is 294 g/mol. The number of benzene rings is 1. The van der Waals surface area contributed by atoms with Crippen LogP contribution in [0.2, 0.25) is 0 Å². The van der Waals surface area contributed by atoms with Crippen LogP contribution in [0.3, 0.4) is 0 Å². The van der Waals surface area contributed by atoms with Crippen molar-refractivity contribution >= 4 is 17.7 Å². The highest BCUT2D eigenvalue weighted by Crippen LogP contribution is 2.23. The maximum Gasteiger partial charge on any atom is 0.341 e. The van der Waals surface area contributed by atoms with E-state index >= 15 is 0 Å². The maximum atomic E-state index is 11.9. The molecule has 1 fully saturated rings. The average Bonchev–Trinajstić information content (AvgIpc) is 2.47. The molecule has 0 bridgehead atoms. The number of rotatable bonds is 5. The van der Waals surface area contributed by atoms with Crippen molar-refractivity contribution in [3.05, 3.63) is 24.3 Å². The number of aliphatic carboxylic acids is 1. The molecule has 1 aliphatic heterocycles. The molecule has 1 saturated heterocycles. The van der Waals surface area contributed by atoms with Gasteiger partial charge in [-0.2, -0.15) is 0 Å². The van der Waals surface area contributed by atoms with Crippen LogP contribution in [0.25, 0.3) is 0 Å². The lowest BCUT2D eigenvalue weighted by Crippen LogP contribution is -2.41. The first-order chi connectivity index (χ1) is 10.1. The van der Waals surface area contributed by atoms with Crippen LogP contribution >= 0.6 is 0 Å². The number of hydrogen-bond donors (Lipinski definition) is 3. The molecule has 1 heterocycles. The lowest BCUT2D eigenvalue weighted by Gasteiger charge is -2.23. The molecular weight excluding hydrogens is 276 g/mol. The lowest BCUT2D eigenvalue weighted by atomic mass is 10.1. The van der Waals surface area contributed by atoms with Gasteiger partial charge in [0.2, 0.25) is 0 Å². The first-order valence-corrected chi connectivity index (χ1v) is 6.74. The van der Waals surface area contributed by atoms with Gasteiger partial charge in [-0.15, -0.1) is 0 Å². The van der Waals surface area contributed by atoms with Crippen LogP contribution in [-0.4, -0.2) is 43.0 Å². The van der Waals surface area contributed by atoms with Gasteiger partial charge in [0, 0.05) is 19.3 Å². The van der Waals surface area contributed by atoms with E-state index in [4.69, 9.17) is 14.6 Å². The van der Waals surface area contributed by atoms with Crippen LogP contribution in [0.15, 0.2) is 24.3 Å². The van der Waals surface area contributed by atoms with Gasteiger partial charge in [-0.1, -0.05) is 12.1 Å². The minimum absolute atomic E-state index is 0.0888. The molecule has 7 heteroatoms. The van der Waals surface area contributed by atoms with E-state index in [1.807, 2.05) is 0 Å². The Bertz CT molecular complexity index is 500. The molecule has 7 nitrogen and oxygen atoms in total. The van der Waals surface area contributed by atoms with E-state index in [9.17, 15) is 9.59 Å². The molecule has 3 N–H and O–H groups in total. The summed E-state index contributed by atoms with van der Waals surface area (Å²) in [5, 5.41) is 14.2. The molecule has 0 aromatic heterocycles. The van der Waals surface area contributed by atoms with Crippen molar-refractivity contribution in [2.75, 3.05) is 25.1 Å². The van der Waals surface area contributed by atoms with Crippen molar-refractivity contribution in [3.8, 4) is 5.75 Å². The van der Waals surface area contributed by atoms with Gasteiger partial charge in [-0.25, -0.2) is 9.59 Å². The quantitative estimate of drug-likeness (QED) is 0.763. The van der Waals surface area contributed by atoms with E-state index in [1.165, 1.54) is 0 Å². The Morgan fingerprint density at radius 3 is 2.71 bits per heavy atom. The number of para-hydroxylation sites is 2. The van der Waals surface area contributed by atoms with Crippen LogP contribution < -0.4 is 15.4 Å². The molecular formula is C14H18N2O5. The number of urea groups is 1. The van der Waals surface area contributed by atoms with Crippen molar-refractivity contribution in [1.29, 1.82) is 0 Å². The third-order valence-electron chi connectivity index (χ3n) is 3.04. The Kier molecular flexibility index (Phi) is 5.39. The summed E-state index contributed by atoms with van der Waals surface area (Å²) in [6, 6.07) is 6.45. The number of anilines is 1. The first kappa shape index (κ1) is 15.1. The number of carboxylic acid groups (broad SMARTS) is 1. The highest BCUT2D eigenvalue weighted by atomic mass is 16.5. The topological polar surface area (TPSA) is 96.9 Å². The molecule has 2 rings (SSSR count). The van der Waals surface area contributed by atoms with Gasteiger partial charge in [-0.05, 0) is 25.0 Å². The van der Waals surface area contributed by atoms with Gasteiger partial charge in [0.25, 0.3) is 0 Å². The number of nitrogens with one attached hydrogen (secondary N) is 2. The van der Waals surface area contributed by atoms with Crippen molar-refractivity contribution in [2.45, 2.75) is 18.9 Å². The second kappa shape index (κ2) is 7.49. The van der Waals surface area contributed by atoms with Crippen molar-refractivity contribution in [3.63, 3.8) is 0 Å². The molecule has 114 valence electrons. The van der Waals surface area contributed by atoms with E-state index in [0.29, 0.717) is 24.7 Å². The minimum Gasteiger partial charge on any atom is -0.480 e. The van der Waals surface area contributed by atoms with Gasteiger partial charge in [0.15, 0.2) is 6.61 Å². The van der Waals surface area contributed by atoms with Crippen molar-refractivity contribution in [2.24, 2.45) is 0 Å². The zero-order chi connectivity index (χ0) is 15.1. The summed E-state index contributed by atoms with van der Waals surface area (Å²) in [5.74, 6) is -0.751. The summed E-state index contributed by atoms with van der Waals surface area (Å²) in [6.45, 7) is 0.826. The molecule has 0 radical (unpaired) electrons. The van der Waals surface area contributed by atoms with Gasteiger partial charge in [0.1, 0.15) is 5.75 Å². The lowest BCUT2D eigenvalue weighted by molar-refractivity contribution is -0.139. The normalized spacial score (nSPS) is 15.2. The van der Waals surface area contributed by atoms with Gasteiger partial charge in [0.05, 0.1) is 5.69 Å². The molecule has 1 aliphatic rings. The Hall–Kier alpha value is -2.28. The highest BCUT2D eigenvalue weighted by Gasteiger charge is 2.16. The van der Waals surface area contributed by atoms with Crippen LogP contribution in [-0.2, 0) is 9.53 Å². The Morgan fingerprint density at radius 1 is 1.29 bits per heavy atom. The van der Waals surface area contributed by atoms with Crippen LogP contribution in [0.5, 0.6) is 5.75 Å². The number of amides is 2. The number of carbonyl (C=O) groups is 2. The van der Waals surface area contributed by atoms with Gasteiger partial charge in [-0.3, -0.25) is 0 Å². The Labute approximate surface area is 122 Å². The largest absolute Gasteiger partial charge is 0.480 e. The molecule has 21 heavy (non-hydrogen) atoms. The van der Waals surface area contributed by atoms with E-state index in [-0.39, 0.29) is 12.1 Å². The smallest absolute Gasteiger partial charge is 0.341 e. The summed E-state index contributed by atoms with van der Waals surface area (Å²) in [4.78, 5) is 22.5. The molecule has 0 aliphatic carbocycles. The maximum absolute atomic E-state index is 11.9. The second-order valence-corrected chi connectivity index (χ2v) is 4.66. The van der Waals surface area contributed by atoms with E-state index in [0.717, 1.165) is 12.8 Å². The highest BCUT2D eigenvalue weighted by molar-refractivity contribution is 5.91. The van der Waals surface area contributed by atoms with E-state index in [1.54, 1.807) is 24.3 Å². The number of carboxylic acids is 1. The Morgan fingerprint density at radius 2 is 2.00 bits per heavy atom.